The lowest BCUT2D eigenvalue weighted by Gasteiger charge is -1.97. The first-order valence-electron chi connectivity index (χ1n) is 5.04. The first-order chi connectivity index (χ1) is 9.09. The maximum Gasteiger partial charge on any atom is 0.293 e. The van der Waals surface area contributed by atoms with E-state index in [-0.39, 0.29) is 16.0 Å². The number of nitro groups is 1. The Hall–Kier alpha value is -2.68. The molecule has 1 aromatic heterocycles. The van der Waals surface area contributed by atoms with Crippen molar-refractivity contribution in [3.8, 4) is 0 Å². The molecule has 0 aliphatic carbocycles. The highest BCUT2D eigenvalue weighted by Gasteiger charge is 2.10. The minimum atomic E-state index is -0.530. The van der Waals surface area contributed by atoms with E-state index in [0.29, 0.717) is 0 Å². The molecule has 0 bridgehead atoms. The Balaban J connectivity index is 2.47. The van der Waals surface area contributed by atoms with Crippen molar-refractivity contribution in [2.75, 3.05) is 0 Å². The molecular weight excluding hydrogens is 270 g/mol. The van der Waals surface area contributed by atoms with Crippen LogP contribution in [0.5, 0.6) is 0 Å². The molecule has 0 unspecified atom stereocenters. The summed E-state index contributed by atoms with van der Waals surface area (Å²) in [6.07, 6.45) is 2.20. The minimum absolute atomic E-state index is 0.00216. The third-order valence-electron chi connectivity index (χ3n) is 2.18. The molecule has 0 aliphatic rings. The molecule has 8 nitrogen and oxygen atoms in total. The van der Waals surface area contributed by atoms with Gasteiger partial charge in [-0.3, -0.25) is 20.0 Å². The van der Waals surface area contributed by atoms with Crippen LogP contribution in [0.4, 0.5) is 5.69 Å². The van der Waals surface area contributed by atoms with Crippen molar-refractivity contribution in [2.45, 2.75) is 0 Å². The Labute approximate surface area is 111 Å². The fourth-order valence-electron chi connectivity index (χ4n) is 1.34. The number of nitrogens with zero attached hydrogens (tertiary/aromatic N) is 4. The van der Waals surface area contributed by atoms with Gasteiger partial charge in [0.05, 0.1) is 16.7 Å². The quantitative estimate of drug-likeness (QED) is 0.391. The highest BCUT2D eigenvalue weighted by Crippen LogP contribution is 2.15. The summed E-state index contributed by atoms with van der Waals surface area (Å²) >= 11 is 4.84. The number of hydrogen-bond donors (Lipinski definition) is 1. The standard InChI is InChI=1S/C10H7N5O3S/c16-9-6-11-13-10(19)14(9)12-5-7-3-1-2-4-8(7)15(17)18/h1-6H,(H,13,19)/b12-5-. The van der Waals surface area contributed by atoms with Gasteiger partial charge in [0, 0.05) is 6.07 Å². The highest BCUT2D eigenvalue weighted by atomic mass is 32.1. The molecule has 0 atom stereocenters. The van der Waals surface area contributed by atoms with Crippen molar-refractivity contribution in [3.63, 3.8) is 0 Å². The Morgan fingerprint density at radius 1 is 1.47 bits per heavy atom. The minimum Gasteiger partial charge on any atom is -0.265 e. The van der Waals surface area contributed by atoms with Gasteiger partial charge < -0.3 is 0 Å². The fourth-order valence-corrected chi connectivity index (χ4v) is 1.53. The van der Waals surface area contributed by atoms with E-state index >= 15 is 0 Å². The largest absolute Gasteiger partial charge is 0.293 e. The van der Waals surface area contributed by atoms with Crippen LogP contribution in [-0.4, -0.2) is 26.0 Å². The molecule has 1 N–H and O–H groups in total. The molecule has 1 aromatic carbocycles. The maximum absolute atomic E-state index is 11.4. The fraction of sp³-hybridized carbons (Fsp3) is 0. The lowest BCUT2D eigenvalue weighted by atomic mass is 10.2. The van der Waals surface area contributed by atoms with Crippen molar-refractivity contribution in [1.29, 1.82) is 0 Å². The average Bonchev–Trinajstić information content (AvgIpc) is 2.38. The van der Waals surface area contributed by atoms with E-state index in [0.717, 1.165) is 10.9 Å². The Morgan fingerprint density at radius 2 is 2.21 bits per heavy atom. The number of H-pyrrole nitrogens is 1. The molecule has 2 aromatic rings. The van der Waals surface area contributed by atoms with Crippen molar-refractivity contribution in [2.24, 2.45) is 5.10 Å². The number of nitrogens with one attached hydrogen (secondary N) is 1. The van der Waals surface area contributed by atoms with Crippen molar-refractivity contribution in [1.82, 2.24) is 14.9 Å². The van der Waals surface area contributed by atoms with Gasteiger partial charge in [-0.25, -0.2) is 0 Å². The lowest BCUT2D eigenvalue weighted by Crippen LogP contribution is -2.18. The van der Waals surface area contributed by atoms with Crippen LogP contribution in [0.15, 0.2) is 40.4 Å². The molecule has 0 aliphatic heterocycles. The lowest BCUT2D eigenvalue weighted by molar-refractivity contribution is -0.385. The zero-order valence-corrected chi connectivity index (χ0v) is 10.2. The monoisotopic (exact) mass is 277 g/mol. The van der Waals surface area contributed by atoms with Crippen LogP contribution in [-0.2, 0) is 0 Å². The third kappa shape index (κ3) is 2.77. The van der Waals surface area contributed by atoms with Gasteiger partial charge in [-0.15, -0.1) is 0 Å². The summed E-state index contributed by atoms with van der Waals surface area (Å²) in [6.45, 7) is 0. The molecule has 0 saturated heterocycles. The van der Waals surface area contributed by atoms with Crippen LogP contribution < -0.4 is 5.56 Å². The summed E-state index contributed by atoms with van der Waals surface area (Å²) in [5.41, 5.74) is -0.368. The second kappa shape index (κ2) is 5.31. The zero-order valence-electron chi connectivity index (χ0n) is 9.39. The van der Waals surface area contributed by atoms with Gasteiger partial charge in [0.15, 0.2) is 0 Å². The van der Waals surface area contributed by atoms with Crippen LogP contribution >= 0.6 is 12.2 Å². The molecule has 9 heteroatoms. The van der Waals surface area contributed by atoms with Gasteiger partial charge >= 0.3 is 0 Å². The topological polar surface area (TPSA) is 106 Å². The number of hydrogen-bond acceptors (Lipinski definition) is 6. The predicted octanol–water partition coefficient (Wildman–Crippen LogP) is 1.09. The molecule has 2 rings (SSSR count). The Bertz CT molecular complexity index is 736. The Morgan fingerprint density at radius 3 is 2.89 bits per heavy atom. The van der Waals surface area contributed by atoms with E-state index in [2.05, 4.69) is 15.3 Å². The van der Waals surface area contributed by atoms with Crippen LogP contribution in [0.3, 0.4) is 0 Å². The van der Waals surface area contributed by atoms with Crippen LogP contribution in [0.2, 0.25) is 0 Å². The maximum atomic E-state index is 11.4. The molecule has 0 fully saturated rings. The summed E-state index contributed by atoms with van der Waals surface area (Å²) in [6, 6.07) is 6.03. The average molecular weight is 277 g/mol. The molecule has 0 amide bonds. The summed E-state index contributed by atoms with van der Waals surface area (Å²) in [5, 5.41) is 20.5. The number of para-hydroxylation sites is 1. The summed E-state index contributed by atoms with van der Waals surface area (Å²) < 4.78 is 0.890. The smallest absolute Gasteiger partial charge is 0.265 e. The number of rotatable bonds is 3. The second-order valence-corrected chi connectivity index (χ2v) is 3.77. The van der Waals surface area contributed by atoms with Crippen LogP contribution in [0.1, 0.15) is 5.56 Å². The number of aromatic nitrogens is 3. The molecule has 0 radical (unpaired) electrons. The van der Waals surface area contributed by atoms with Gasteiger partial charge in [-0.05, 0) is 18.3 Å². The zero-order chi connectivity index (χ0) is 13.8. The van der Waals surface area contributed by atoms with E-state index in [4.69, 9.17) is 12.2 Å². The normalized spacial score (nSPS) is 10.7. The number of benzene rings is 1. The first-order valence-corrected chi connectivity index (χ1v) is 5.45. The predicted molar refractivity (Wildman–Crippen MR) is 69.8 cm³/mol. The molecule has 0 spiro atoms. The summed E-state index contributed by atoms with van der Waals surface area (Å²) in [4.78, 5) is 21.7. The van der Waals surface area contributed by atoms with Crippen LogP contribution in [0, 0.1) is 14.9 Å². The van der Waals surface area contributed by atoms with Crippen LogP contribution in [0.25, 0.3) is 0 Å². The van der Waals surface area contributed by atoms with Gasteiger partial charge in [0.1, 0.15) is 6.20 Å². The first kappa shape index (κ1) is 12.8. The second-order valence-electron chi connectivity index (χ2n) is 3.39. The summed E-state index contributed by atoms with van der Waals surface area (Å²) in [7, 11) is 0. The van der Waals surface area contributed by atoms with E-state index in [1.807, 2.05) is 0 Å². The highest BCUT2D eigenvalue weighted by molar-refractivity contribution is 7.71. The number of nitro benzene ring substituents is 1. The van der Waals surface area contributed by atoms with Gasteiger partial charge in [-0.1, -0.05) is 12.1 Å². The van der Waals surface area contributed by atoms with Gasteiger partial charge in [-0.2, -0.15) is 14.9 Å². The van der Waals surface area contributed by atoms with E-state index in [1.54, 1.807) is 12.1 Å². The van der Waals surface area contributed by atoms with E-state index in [1.165, 1.54) is 18.3 Å². The molecule has 19 heavy (non-hydrogen) atoms. The number of aromatic amines is 1. The molecule has 96 valence electrons. The van der Waals surface area contributed by atoms with Crippen molar-refractivity contribution < 1.29 is 4.92 Å². The summed E-state index contributed by atoms with van der Waals surface area (Å²) in [5.74, 6) is 0. The molecular formula is C10H7N5O3S. The van der Waals surface area contributed by atoms with Crippen molar-refractivity contribution >= 4 is 24.1 Å². The van der Waals surface area contributed by atoms with Gasteiger partial charge in [0.2, 0.25) is 4.77 Å². The van der Waals surface area contributed by atoms with E-state index in [9.17, 15) is 14.9 Å². The van der Waals surface area contributed by atoms with E-state index < -0.39 is 10.5 Å². The SMILES string of the molecule is O=c1cn[nH]c(=S)n1/N=C\c1ccccc1[N+](=O)[O-]. The molecule has 1 heterocycles. The third-order valence-corrected chi connectivity index (χ3v) is 2.45. The van der Waals surface area contributed by atoms with Crippen molar-refractivity contribution in [3.05, 3.63) is 61.3 Å². The molecule has 0 saturated carbocycles. The Kier molecular flexibility index (Phi) is 3.57. The van der Waals surface area contributed by atoms with Gasteiger partial charge in [0.25, 0.3) is 11.2 Å².